The number of nitrogens with two attached hydrogens (primary N) is 1. The lowest BCUT2D eigenvalue weighted by Crippen LogP contribution is -2.05. The summed E-state index contributed by atoms with van der Waals surface area (Å²) in [5.74, 6) is 1.17. The largest absolute Gasteiger partial charge is 0.374 e. The molecule has 0 spiro atoms. The zero-order valence-corrected chi connectivity index (χ0v) is 10.9. The lowest BCUT2D eigenvalue weighted by Gasteiger charge is -2.03. The molecule has 0 unspecified atom stereocenters. The van der Waals surface area contributed by atoms with Gasteiger partial charge in [-0.25, -0.2) is 0 Å². The van der Waals surface area contributed by atoms with Crippen LogP contribution in [0.5, 0.6) is 0 Å². The van der Waals surface area contributed by atoms with Crippen LogP contribution >= 0.6 is 11.3 Å². The molecule has 7 nitrogen and oxygen atoms in total. The topological polar surface area (TPSA) is 86.9 Å². The van der Waals surface area contributed by atoms with Crippen LogP contribution in [-0.2, 0) is 6.54 Å². The zero-order chi connectivity index (χ0) is 12.7. The number of nitrogens with zero attached hydrogens (tertiary/aromatic N) is 6. The predicted octanol–water partition coefficient (Wildman–Crippen LogP) is 1.29. The van der Waals surface area contributed by atoms with Crippen molar-refractivity contribution in [1.29, 1.82) is 0 Å². The molecule has 94 valence electrons. The van der Waals surface area contributed by atoms with Crippen LogP contribution in [0.15, 0.2) is 12.3 Å². The van der Waals surface area contributed by atoms with Crippen LogP contribution in [0.3, 0.4) is 0 Å². The van der Waals surface area contributed by atoms with Crippen LogP contribution in [0.4, 0.5) is 5.13 Å². The van der Waals surface area contributed by atoms with Crippen LogP contribution in [0, 0.1) is 5.92 Å². The molecule has 0 aliphatic heterocycles. The Labute approximate surface area is 107 Å². The highest BCUT2D eigenvalue weighted by Gasteiger charge is 2.14. The minimum absolute atomic E-state index is 0.475. The van der Waals surface area contributed by atoms with E-state index in [1.807, 2.05) is 16.9 Å². The number of aromatic nitrogens is 6. The molecule has 0 aliphatic carbocycles. The molecule has 0 atom stereocenters. The Morgan fingerprint density at radius 2 is 2.17 bits per heavy atom. The summed E-state index contributed by atoms with van der Waals surface area (Å²) in [4.78, 5) is 0.681. The van der Waals surface area contributed by atoms with E-state index in [0.29, 0.717) is 21.8 Å². The predicted molar refractivity (Wildman–Crippen MR) is 69.1 cm³/mol. The second-order valence-electron chi connectivity index (χ2n) is 4.48. The number of nitrogen functional groups attached to an aromatic ring is 1. The van der Waals surface area contributed by atoms with Crippen LogP contribution in [-0.4, -0.2) is 29.6 Å². The van der Waals surface area contributed by atoms with E-state index in [4.69, 9.17) is 5.73 Å². The smallest absolute Gasteiger partial charge is 0.236 e. The third-order valence-electron chi connectivity index (χ3n) is 2.43. The minimum atomic E-state index is 0.475. The molecule has 0 aliphatic rings. The van der Waals surface area contributed by atoms with Crippen molar-refractivity contribution < 1.29 is 0 Å². The molecule has 0 aromatic carbocycles. The second kappa shape index (κ2) is 4.05. The lowest BCUT2D eigenvalue weighted by molar-refractivity contribution is 0.484. The third-order valence-corrected chi connectivity index (χ3v) is 3.16. The van der Waals surface area contributed by atoms with Gasteiger partial charge in [-0.15, -0.1) is 15.3 Å². The Bertz CT molecular complexity index is 677. The Balaban J connectivity index is 2.00. The molecule has 18 heavy (non-hydrogen) atoms. The zero-order valence-electron chi connectivity index (χ0n) is 10.1. The van der Waals surface area contributed by atoms with Crippen LogP contribution < -0.4 is 5.73 Å². The molecule has 8 heteroatoms. The average Bonchev–Trinajstić information content (AvgIpc) is 2.92. The van der Waals surface area contributed by atoms with Crippen LogP contribution in [0.2, 0.25) is 0 Å². The maximum Gasteiger partial charge on any atom is 0.236 e. The molecule has 0 bridgehead atoms. The van der Waals surface area contributed by atoms with Gasteiger partial charge in [0, 0.05) is 12.7 Å². The first-order chi connectivity index (χ1) is 8.63. The Kier molecular flexibility index (Phi) is 2.51. The van der Waals surface area contributed by atoms with E-state index in [-0.39, 0.29) is 0 Å². The van der Waals surface area contributed by atoms with Crippen molar-refractivity contribution in [3.63, 3.8) is 0 Å². The highest BCUT2D eigenvalue weighted by atomic mass is 32.1. The van der Waals surface area contributed by atoms with Gasteiger partial charge in [-0.3, -0.25) is 4.68 Å². The highest BCUT2D eigenvalue weighted by molar-refractivity contribution is 7.20. The molecule has 0 saturated carbocycles. The van der Waals surface area contributed by atoms with Crippen LogP contribution in [0.1, 0.15) is 13.8 Å². The summed E-state index contributed by atoms with van der Waals surface area (Å²) in [6.07, 6.45) is 1.94. The fraction of sp³-hybridized carbons (Fsp3) is 0.400. The van der Waals surface area contributed by atoms with E-state index in [9.17, 15) is 0 Å². The summed E-state index contributed by atoms with van der Waals surface area (Å²) in [7, 11) is 0. The molecule has 0 amide bonds. The first-order valence-corrected chi connectivity index (χ1v) is 6.46. The van der Waals surface area contributed by atoms with E-state index >= 15 is 0 Å². The van der Waals surface area contributed by atoms with Crippen molar-refractivity contribution >= 4 is 21.4 Å². The standard InChI is InChI=1S/C10H13N7S/c1-6(2)5-16-4-3-7(14-16)8-12-13-10-17(8)15-9(11)18-10/h3-4,6H,5H2,1-2H3,(H2,11,15). The molecule has 0 saturated heterocycles. The number of hydrogen-bond acceptors (Lipinski definition) is 6. The first-order valence-electron chi connectivity index (χ1n) is 5.65. The van der Waals surface area contributed by atoms with Crippen molar-refractivity contribution in [3.05, 3.63) is 12.3 Å². The molecule has 3 aromatic rings. The van der Waals surface area contributed by atoms with Gasteiger partial charge in [-0.2, -0.15) is 9.61 Å². The van der Waals surface area contributed by atoms with Gasteiger partial charge in [-0.1, -0.05) is 25.2 Å². The van der Waals surface area contributed by atoms with Crippen LogP contribution in [0.25, 0.3) is 16.5 Å². The van der Waals surface area contributed by atoms with Gasteiger partial charge in [0.25, 0.3) is 0 Å². The quantitative estimate of drug-likeness (QED) is 0.769. The molecule has 0 fully saturated rings. The molecule has 3 rings (SSSR count). The average molecular weight is 263 g/mol. The lowest BCUT2D eigenvalue weighted by atomic mass is 10.2. The number of hydrogen-bond donors (Lipinski definition) is 1. The summed E-state index contributed by atoms with van der Waals surface area (Å²) in [5, 5.41) is 17.2. The van der Waals surface area contributed by atoms with E-state index in [2.05, 4.69) is 34.2 Å². The SMILES string of the molecule is CC(C)Cn1ccc(-c2nnc3sc(N)nn23)n1. The molecule has 3 aromatic heterocycles. The van der Waals surface area contributed by atoms with E-state index in [1.54, 1.807) is 4.52 Å². The van der Waals surface area contributed by atoms with Crippen molar-refractivity contribution in [2.45, 2.75) is 20.4 Å². The number of rotatable bonds is 3. The summed E-state index contributed by atoms with van der Waals surface area (Å²) < 4.78 is 3.53. The van der Waals surface area contributed by atoms with Crippen molar-refractivity contribution in [2.24, 2.45) is 5.92 Å². The van der Waals surface area contributed by atoms with Gasteiger partial charge in [0.15, 0.2) is 0 Å². The van der Waals surface area contributed by atoms with Crippen molar-refractivity contribution in [2.75, 3.05) is 5.73 Å². The third kappa shape index (κ3) is 1.84. The summed E-state index contributed by atoms with van der Waals surface area (Å²) in [6.45, 7) is 5.18. The first kappa shape index (κ1) is 11.1. The van der Waals surface area contributed by atoms with Gasteiger partial charge >= 0.3 is 0 Å². The van der Waals surface area contributed by atoms with Gasteiger partial charge in [0.2, 0.25) is 15.9 Å². The Morgan fingerprint density at radius 1 is 1.33 bits per heavy atom. The van der Waals surface area contributed by atoms with Gasteiger partial charge < -0.3 is 5.73 Å². The summed E-state index contributed by atoms with van der Waals surface area (Å²) in [6, 6.07) is 1.91. The molecule has 3 heterocycles. The summed E-state index contributed by atoms with van der Waals surface area (Å²) >= 11 is 1.31. The second-order valence-corrected chi connectivity index (χ2v) is 5.46. The van der Waals surface area contributed by atoms with Crippen molar-refractivity contribution in [3.8, 4) is 11.5 Å². The van der Waals surface area contributed by atoms with Gasteiger partial charge in [0.1, 0.15) is 5.69 Å². The summed E-state index contributed by atoms with van der Waals surface area (Å²) in [5.41, 5.74) is 6.40. The normalized spacial score (nSPS) is 11.7. The fourth-order valence-electron chi connectivity index (χ4n) is 1.75. The maximum atomic E-state index is 5.65. The number of anilines is 1. The fourth-order valence-corrected chi connectivity index (χ4v) is 2.35. The van der Waals surface area contributed by atoms with E-state index in [1.165, 1.54) is 11.3 Å². The molecular formula is C10H13N7S. The molecular weight excluding hydrogens is 250 g/mol. The van der Waals surface area contributed by atoms with Crippen molar-refractivity contribution in [1.82, 2.24) is 29.6 Å². The number of fused-ring (bicyclic) bond motifs is 1. The van der Waals surface area contributed by atoms with Gasteiger partial charge in [-0.05, 0) is 12.0 Å². The Hall–Kier alpha value is -1.96. The van der Waals surface area contributed by atoms with Gasteiger partial charge in [0.05, 0.1) is 0 Å². The highest BCUT2D eigenvalue weighted by Crippen LogP contribution is 2.21. The minimum Gasteiger partial charge on any atom is -0.374 e. The maximum absolute atomic E-state index is 5.65. The monoisotopic (exact) mass is 263 g/mol. The Morgan fingerprint density at radius 3 is 2.94 bits per heavy atom. The molecule has 2 N–H and O–H groups in total. The van der Waals surface area contributed by atoms with E-state index in [0.717, 1.165) is 12.2 Å². The van der Waals surface area contributed by atoms with E-state index < -0.39 is 0 Å². The molecule has 0 radical (unpaired) electrons.